The minimum Gasteiger partial charge on any atom is -0.612 e. The predicted octanol–water partition coefficient (Wildman–Crippen LogP) is 5.30. The molecule has 0 spiro atoms. The van der Waals surface area contributed by atoms with Crippen molar-refractivity contribution in [1.29, 1.82) is 0 Å². The molecule has 0 aliphatic carbocycles. The Morgan fingerprint density at radius 2 is 1.74 bits per heavy atom. The van der Waals surface area contributed by atoms with Crippen LogP contribution in [0.5, 0.6) is 5.75 Å². The molecule has 3 N–H and O–H groups in total. The summed E-state index contributed by atoms with van der Waals surface area (Å²) in [5, 5.41) is 8.48. The molecule has 224 valence electrons. The molecule has 11 nitrogen and oxygen atoms in total. The van der Waals surface area contributed by atoms with E-state index in [0.29, 0.717) is 9.92 Å². The van der Waals surface area contributed by atoms with Gasteiger partial charge in [-0.2, -0.15) is 0 Å². The second kappa shape index (κ2) is 13.9. The van der Waals surface area contributed by atoms with Crippen LogP contribution in [0.1, 0.15) is 55.5 Å². The Balaban J connectivity index is 1.77. The molecule has 3 amide bonds. The number of rotatable bonds is 10. The minimum atomic E-state index is -1.34. The van der Waals surface area contributed by atoms with Gasteiger partial charge in [0.05, 0.1) is 22.9 Å². The second-order valence-corrected chi connectivity index (χ2v) is 12.9. The first-order valence-corrected chi connectivity index (χ1v) is 14.8. The third-order valence-electron chi connectivity index (χ3n) is 5.50. The first kappa shape index (κ1) is 32.6. The molecule has 0 saturated heterocycles. The Morgan fingerprint density at radius 3 is 2.38 bits per heavy atom. The molecule has 1 atom stereocenters. The average Bonchev–Trinajstić information content (AvgIpc) is 2.91. The monoisotopic (exact) mass is 615 g/mol. The second-order valence-electron chi connectivity index (χ2n) is 11.1. The summed E-state index contributed by atoms with van der Waals surface area (Å²) in [4.78, 5) is 47.1. The van der Waals surface area contributed by atoms with Gasteiger partial charge < -0.3 is 30.0 Å². The Morgan fingerprint density at radius 1 is 1.00 bits per heavy atom. The number of amides is 3. The minimum absolute atomic E-state index is 0.0364. The fourth-order valence-electron chi connectivity index (χ4n) is 3.44. The predicted molar refractivity (Wildman–Crippen MR) is 162 cm³/mol. The molecule has 0 aliphatic heterocycles. The van der Waals surface area contributed by atoms with Crippen molar-refractivity contribution in [2.75, 3.05) is 30.0 Å². The highest BCUT2D eigenvalue weighted by molar-refractivity contribution is 7.90. The van der Waals surface area contributed by atoms with E-state index >= 15 is 0 Å². The van der Waals surface area contributed by atoms with Crippen LogP contribution in [0.4, 0.5) is 16.3 Å². The highest BCUT2D eigenvalue weighted by atomic mass is 35.5. The number of carbonyl (C=O) groups excluding carboxylic acids is 3. The standard InChI is InChI=1S/C29H34ClN5O6S/c1-28(2,3)41-27(38)33-16-29(4,5)17-40-22-14-19(42(6)39)10-11-20(22)25(36)34-21-8-7-13-31-24(21)26(37)35-23-12-9-18(30)15-32-23/h7-15H,16-17H2,1-6H3,(H,33,38)(H,34,36)(H,32,35,37). The topological polar surface area (TPSA) is 155 Å². The van der Waals surface area contributed by atoms with Crippen LogP contribution in [0.15, 0.2) is 59.8 Å². The maximum absolute atomic E-state index is 13.4. The van der Waals surface area contributed by atoms with E-state index in [1.807, 2.05) is 13.8 Å². The van der Waals surface area contributed by atoms with Gasteiger partial charge in [-0.1, -0.05) is 25.4 Å². The van der Waals surface area contributed by atoms with Crippen LogP contribution in [0.3, 0.4) is 0 Å². The number of hydrogen-bond donors (Lipinski definition) is 3. The summed E-state index contributed by atoms with van der Waals surface area (Å²) in [7, 11) is 0. The van der Waals surface area contributed by atoms with Crippen molar-refractivity contribution in [3.8, 4) is 5.75 Å². The van der Waals surface area contributed by atoms with Gasteiger partial charge >= 0.3 is 6.09 Å². The van der Waals surface area contributed by atoms with Crippen molar-refractivity contribution < 1.29 is 28.4 Å². The van der Waals surface area contributed by atoms with Gasteiger partial charge in [0.15, 0.2) is 10.6 Å². The SMILES string of the molecule is C[S+]([O-])c1ccc(C(=O)Nc2cccnc2C(=O)Nc2ccc(Cl)cn2)c(OCC(C)(C)CNC(=O)OC(C)(C)C)c1. The van der Waals surface area contributed by atoms with Crippen molar-refractivity contribution in [3.05, 3.63) is 71.1 Å². The molecular formula is C29H34ClN5O6S. The molecule has 0 radical (unpaired) electrons. The number of nitrogens with zero attached hydrogens (tertiary/aromatic N) is 2. The number of anilines is 2. The maximum Gasteiger partial charge on any atom is 0.407 e. The van der Waals surface area contributed by atoms with E-state index in [1.54, 1.807) is 39.0 Å². The summed E-state index contributed by atoms with van der Waals surface area (Å²) in [5.74, 6) is -0.719. The summed E-state index contributed by atoms with van der Waals surface area (Å²) in [5.41, 5.74) is -0.925. The number of pyridine rings is 2. The van der Waals surface area contributed by atoms with Gasteiger partial charge in [0.1, 0.15) is 23.4 Å². The zero-order valence-electron chi connectivity index (χ0n) is 24.2. The molecule has 3 aromatic rings. The summed E-state index contributed by atoms with van der Waals surface area (Å²) < 4.78 is 23.5. The van der Waals surface area contributed by atoms with E-state index in [1.165, 1.54) is 42.9 Å². The van der Waals surface area contributed by atoms with E-state index in [4.69, 9.17) is 21.1 Å². The average molecular weight is 616 g/mol. The Kier molecular flexibility index (Phi) is 10.8. The van der Waals surface area contributed by atoms with Crippen LogP contribution < -0.4 is 20.7 Å². The van der Waals surface area contributed by atoms with Gasteiger partial charge in [-0.05, 0) is 68.3 Å². The molecule has 0 fully saturated rings. The molecule has 1 aromatic carbocycles. The van der Waals surface area contributed by atoms with Crippen LogP contribution in [-0.4, -0.2) is 57.4 Å². The first-order valence-electron chi connectivity index (χ1n) is 12.9. The van der Waals surface area contributed by atoms with Gasteiger partial charge in [-0.3, -0.25) is 9.59 Å². The number of nitrogens with one attached hydrogen (secondary N) is 3. The molecule has 0 bridgehead atoms. The van der Waals surface area contributed by atoms with E-state index < -0.39 is 40.1 Å². The van der Waals surface area contributed by atoms with Gasteiger partial charge in [-0.15, -0.1) is 0 Å². The molecule has 1 unspecified atom stereocenters. The lowest BCUT2D eigenvalue weighted by atomic mass is 9.95. The van der Waals surface area contributed by atoms with Gasteiger partial charge in [-0.25, -0.2) is 14.8 Å². The van der Waals surface area contributed by atoms with Gasteiger partial charge in [0.25, 0.3) is 11.8 Å². The lowest BCUT2D eigenvalue weighted by molar-refractivity contribution is 0.0492. The van der Waals surface area contributed by atoms with Crippen LogP contribution in [0.25, 0.3) is 0 Å². The summed E-state index contributed by atoms with van der Waals surface area (Å²) in [6, 6.07) is 10.8. The van der Waals surface area contributed by atoms with E-state index in [9.17, 15) is 18.9 Å². The molecule has 13 heteroatoms. The molecule has 3 rings (SSSR count). The van der Waals surface area contributed by atoms with Gasteiger partial charge in [0.2, 0.25) is 0 Å². The zero-order chi connectivity index (χ0) is 31.1. The van der Waals surface area contributed by atoms with Crippen molar-refractivity contribution in [2.45, 2.75) is 45.1 Å². The van der Waals surface area contributed by atoms with Crippen LogP contribution in [-0.2, 0) is 15.9 Å². The summed E-state index contributed by atoms with van der Waals surface area (Å²) in [6.07, 6.45) is 3.78. The number of benzene rings is 1. The molecule has 2 aromatic heterocycles. The lowest BCUT2D eigenvalue weighted by Crippen LogP contribution is -2.40. The largest absolute Gasteiger partial charge is 0.612 e. The number of alkyl carbamates (subject to hydrolysis) is 1. The number of aromatic nitrogens is 2. The smallest absolute Gasteiger partial charge is 0.407 e. The Labute approximate surface area is 252 Å². The van der Waals surface area contributed by atoms with Crippen molar-refractivity contribution >= 4 is 52.2 Å². The normalized spacial score (nSPS) is 12.2. The highest BCUT2D eigenvalue weighted by Gasteiger charge is 2.25. The summed E-state index contributed by atoms with van der Waals surface area (Å²) >= 11 is 4.52. The number of hydrogen-bond acceptors (Lipinski definition) is 8. The fraction of sp³-hybridized carbons (Fsp3) is 0.345. The zero-order valence-corrected chi connectivity index (χ0v) is 25.8. The molecule has 42 heavy (non-hydrogen) atoms. The van der Waals surface area contributed by atoms with Crippen LogP contribution in [0.2, 0.25) is 5.02 Å². The van der Waals surface area contributed by atoms with Gasteiger partial charge in [0, 0.05) is 30.4 Å². The Hall–Kier alpha value is -3.87. The van der Waals surface area contributed by atoms with E-state index in [-0.39, 0.29) is 41.7 Å². The molecule has 0 saturated carbocycles. The molecular weight excluding hydrogens is 582 g/mol. The highest BCUT2D eigenvalue weighted by Crippen LogP contribution is 2.27. The van der Waals surface area contributed by atoms with Crippen molar-refractivity contribution in [3.63, 3.8) is 0 Å². The first-order chi connectivity index (χ1) is 19.6. The van der Waals surface area contributed by atoms with Crippen LogP contribution in [0, 0.1) is 5.41 Å². The fourth-order valence-corrected chi connectivity index (χ4v) is 4.08. The molecule has 0 aliphatic rings. The third-order valence-corrected chi connectivity index (χ3v) is 6.64. The van der Waals surface area contributed by atoms with Crippen LogP contribution >= 0.6 is 11.6 Å². The quantitative estimate of drug-likeness (QED) is 0.260. The van der Waals surface area contributed by atoms with E-state index in [2.05, 4.69) is 25.9 Å². The third kappa shape index (κ3) is 9.89. The number of ether oxygens (including phenoxy) is 2. The van der Waals surface area contributed by atoms with E-state index in [0.717, 1.165) is 0 Å². The molecule has 2 heterocycles. The number of halogens is 1. The summed E-state index contributed by atoms with van der Waals surface area (Å²) in [6.45, 7) is 9.42. The van der Waals surface area contributed by atoms with Crippen molar-refractivity contribution in [2.24, 2.45) is 5.41 Å². The number of carbonyl (C=O) groups is 3. The maximum atomic E-state index is 13.4. The lowest BCUT2D eigenvalue weighted by Gasteiger charge is -2.27. The van der Waals surface area contributed by atoms with Crippen molar-refractivity contribution in [1.82, 2.24) is 15.3 Å². The Bertz CT molecular complexity index is 1430.